The molecule has 0 spiro atoms. The number of nitrogens with zero attached hydrogens (tertiary/aromatic N) is 1. The molecule has 1 aliphatic heterocycles. The Morgan fingerprint density at radius 1 is 1.07 bits per heavy atom. The topological polar surface area (TPSA) is 82.3 Å². The summed E-state index contributed by atoms with van der Waals surface area (Å²) in [6.07, 6.45) is 2.81. The molecule has 0 atom stereocenters. The van der Waals surface area contributed by atoms with Gasteiger partial charge in [-0.05, 0) is 63.3 Å². The third kappa shape index (κ3) is 3.80. The van der Waals surface area contributed by atoms with Crippen molar-refractivity contribution in [2.45, 2.75) is 51.9 Å². The van der Waals surface area contributed by atoms with Crippen molar-refractivity contribution in [1.29, 1.82) is 0 Å². The molecule has 1 fully saturated rings. The molecular formula is C20H27N3O3S. The van der Waals surface area contributed by atoms with Crippen molar-refractivity contribution in [2.24, 2.45) is 0 Å². The highest BCUT2D eigenvalue weighted by molar-refractivity contribution is 7.89. The predicted octanol–water partition coefficient (Wildman–Crippen LogP) is 3.68. The highest BCUT2D eigenvalue weighted by atomic mass is 32.2. The number of anilines is 1. The van der Waals surface area contributed by atoms with Crippen LogP contribution in [-0.2, 0) is 10.0 Å². The first-order valence-corrected chi connectivity index (χ1v) is 10.7. The molecule has 2 heterocycles. The van der Waals surface area contributed by atoms with Gasteiger partial charge in [-0.3, -0.25) is 4.79 Å². The molecule has 1 saturated heterocycles. The van der Waals surface area contributed by atoms with Crippen LogP contribution in [0.1, 0.15) is 52.1 Å². The smallest absolute Gasteiger partial charge is 0.272 e. The second-order valence-electron chi connectivity index (χ2n) is 7.32. The molecule has 0 radical (unpaired) electrons. The van der Waals surface area contributed by atoms with E-state index < -0.39 is 10.0 Å². The average molecular weight is 390 g/mol. The third-order valence-corrected chi connectivity index (χ3v) is 7.32. The molecule has 3 rings (SSSR count). The van der Waals surface area contributed by atoms with Crippen molar-refractivity contribution in [3.63, 3.8) is 0 Å². The van der Waals surface area contributed by atoms with E-state index in [0.29, 0.717) is 30.0 Å². The highest BCUT2D eigenvalue weighted by Crippen LogP contribution is 2.29. The number of benzene rings is 1. The summed E-state index contributed by atoms with van der Waals surface area (Å²) in [7, 11) is -3.60. The number of carbonyl (C=O) groups excluding carboxylic acids is 1. The van der Waals surface area contributed by atoms with Crippen LogP contribution < -0.4 is 5.32 Å². The molecule has 1 aliphatic rings. The number of rotatable bonds is 4. The van der Waals surface area contributed by atoms with Gasteiger partial charge in [0.2, 0.25) is 10.0 Å². The van der Waals surface area contributed by atoms with Gasteiger partial charge in [0.25, 0.3) is 5.91 Å². The minimum Gasteiger partial charge on any atom is -0.353 e. The Balaban J connectivity index is 1.93. The Morgan fingerprint density at radius 2 is 1.74 bits per heavy atom. The summed E-state index contributed by atoms with van der Waals surface area (Å²) in [5.41, 5.74) is 4.00. The molecule has 0 bridgehead atoms. The number of hydrogen-bond acceptors (Lipinski definition) is 3. The van der Waals surface area contributed by atoms with Crippen molar-refractivity contribution in [3.8, 4) is 0 Å². The first-order chi connectivity index (χ1) is 12.7. The second-order valence-corrected chi connectivity index (χ2v) is 9.19. The molecule has 146 valence electrons. The summed E-state index contributed by atoms with van der Waals surface area (Å²) >= 11 is 0. The van der Waals surface area contributed by atoms with Crippen LogP contribution in [0.4, 0.5) is 5.69 Å². The fraction of sp³-hybridized carbons (Fsp3) is 0.450. The lowest BCUT2D eigenvalue weighted by Crippen LogP contribution is -2.36. The summed E-state index contributed by atoms with van der Waals surface area (Å²) in [6.45, 7) is 8.36. The number of hydrogen-bond donors (Lipinski definition) is 2. The van der Waals surface area contributed by atoms with Crippen molar-refractivity contribution < 1.29 is 13.2 Å². The van der Waals surface area contributed by atoms with Gasteiger partial charge in [0.15, 0.2) is 0 Å². The molecule has 0 saturated carbocycles. The van der Waals surface area contributed by atoms with Crippen molar-refractivity contribution >= 4 is 21.6 Å². The molecule has 1 amide bonds. The molecule has 6 nitrogen and oxygen atoms in total. The minimum absolute atomic E-state index is 0.232. The number of aromatic amines is 1. The van der Waals surface area contributed by atoms with Crippen LogP contribution in [0.15, 0.2) is 23.1 Å². The van der Waals surface area contributed by atoms with E-state index in [-0.39, 0.29) is 10.8 Å². The van der Waals surface area contributed by atoms with Crippen LogP contribution in [0.25, 0.3) is 0 Å². The number of sulfonamides is 1. The quantitative estimate of drug-likeness (QED) is 0.837. The predicted molar refractivity (Wildman–Crippen MR) is 107 cm³/mol. The van der Waals surface area contributed by atoms with E-state index in [0.717, 1.165) is 36.1 Å². The molecule has 0 unspecified atom stereocenters. The molecular weight excluding hydrogens is 362 g/mol. The number of piperidine rings is 1. The van der Waals surface area contributed by atoms with Crippen LogP contribution in [0.5, 0.6) is 0 Å². The molecule has 27 heavy (non-hydrogen) atoms. The summed E-state index contributed by atoms with van der Waals surface area (Å²) in [4.78, 5) is 16.0. The molecule has 2 N–H and O–H groups in total. The standard InChI is InChI=1S/C20H27N3O3S/c1-13-8-9-14(2)17(12-13)22-20(24)18-15(3)19(16(4)21-18)27(25,26)23-10-6-5-7-11-23/h8-9,12,21H,5-7,10-11H2,1-4H3,(H,22,24). The molecule has 0 aliphatic carbocycles. The number of carbonyl (C=O) groups is 1. The third-order valence-electron chi connectivity index (χ3n) is 5.15. The van der Waals surface area contributed by atoms with Gasteiger partial charge >= 0.3 is 0 Å². The maximum Gasteiger partial charge on any atom is 0.272 e. The van der Waals surface area contributed by atoms with E-state index in [1.807, 2.05) is 32.0 Å². The van der Waals surface area contributed by atoms with Gasteiger partial charge < -0.3 is 10.3 Å². The summed E-state index contributed by atoms with van der Waals surface area (Å²) in [5, 5.41) is 2.90. The lowest BCUT2D eigenvalue weighted by atomic mass is 10.1. The minimum atomic E-state index is -3.60. The zero-order valence-corrected chi connectivity index (χ0v) is 17.2. The van der Waals surface area contributed by atoms with Crippen LogP contribution in [-0.4, -0.2) is 36.7 Å². The van der Waals surface area contributed by atoms with Gasteiger partial charge in [-0.25, -0.2) is 8.42 Å². The highest BCUT2D eigenvalue weighted by Gasteiger charge is 2.32. The van der Waals surface area contributed by atoms with Crippen LogP contribution in [0, 0.1) is 27.7 Å². The summed E-state index contributed by atoms with van der Waals surface area (Å²) in [5.74, 6) is -0.329. The first kappa shape index (κ1) is 19.6. The Kier molecular flexibility index (Phi) is 5.44. The number of nitrogens with one attached hydrogen (secondary N) is 2. The number of amides is 1. The van der Waals surface area contributed by atoms with Gasteiger partial charge in [-0.2, -0.15) is 4.31 Å². The summed E-state index contributed by atoms with van der Waals surface area (Å²) < 4.78 is 27.7. The fourth-order valence-electron chi connectivity index (χ4n) is 3.64. The number of aryl methyl sites for hydroxylation is 3. The van der Waals surface area contributed by atoms with Gasteiger partial charge in [0, 0.05) is 24.5 Å². The molecule has 2 aromatic rings. The number of H-pyrrole nitrogens is 1. The van der Waals surface area contributed by atoms with E-state index in [2.05, 4.69) is 10.3 Å². The normalized spacial score (nSPS) is 15.7. The Bertz CT molecular complexity index is 971. The fourth-order valence-corrected chi connectivity index (χ4v) is 5.56. The lowest BCUT2D eigenvalue weighted by molar-refractivity contribution is 0.102. The molecule has 1 aromatic carbocycles. The Labute approximate surface area is 161 Å². The second kappa shape index (κ2) is 7.48. The average Bonchev–Trinajstić information content (AvgIpc) is 2.94. The Morgan fingerprint density at radius 3 is 2.41 bits per heavy atom. The van der Waals surface area contributed by atoms with E-state index in [9.17, 15) is 13.2 Å². The van der Waals surface area contributed by atoms with Gasteiger partial charge in [-0.15, -0.1) is 0 Å². The van der Waals surface area contributed by atoms with Crippen LogP contribution in [0.3, 0.4) is 0 Å². The monoisotopic (exact) mass is 389 g/mol. The zero-order valence-electron chi connectivity index (χ0n) is 16.3. The van der Waals surface area contributed by atoms with Gasteiger partial charge in [0.05, 0.1) is 0 Å². The van der Waals surface area contributed by atoms with E-state index in [1.54, 1.807) is 13.8 Å². The van der Waals surface area contributed by atoms with Crippen LogP contribution in [0.2, 0.25) is 0 Å². The SMILES string of the molecule is Cc1ccc(C)c(NC(=O)c2[nH]c(C)c(S(=O)(=O)N3CCCCC3)c2C)c1. The maximum atomic E-state index is 13.1. The Hall–Kier alpha value is -2.12. The van der Waals surface area contributed by atoms with Gasteiger partial charge in [0.1, 0.15) is 10.6 Å². The van der Waals surface area contributed by atoms with Crippen molar-refractivity contribution in [1.82, 2.24) is 9.29 Å². The molecule has 7 heteroatoms. The first-order valence-electron chi connectivity index (χ1n) is 9.29. The van der Waals surface area contributed by atoms with E-state index >= 15 is 0 Å². The van der Waals surface area contributed by atoms with E-state index in [4.69, 9.17) is 0 Å². The molecule has 1 aromatic heterocycles. The largest absolute Gasteiger partial charge is 0.353 e. The lowest BCUT2D eigenvalue weighted by Gasteiger charge is -2.26. The summed E-state index contributed by atoms with van der Waals surface area (Å²) in [6, 6.07) is 5.84. The van der Waals surface area contributed by atoms with Crippen LogP contribution >= 0.6 is 0 Å². The number of aromatic nitrogens is 1. The van der Waals surface area contributed by atoms with Crippen molar-refractivity contribution in [2.75, 3.05) is 18.4 Å². The maximum absolute atomic E-state index is 13.1. The zero-order chi connectivity index (χ0) is 19.8. The van der Waals surface area contributed by atoms with Crippen molar-refractivity contribution in [3.05, 3.63) is 46.3 Å². The van der Waals surface area contributed by atoms with E-state index in [1.165, 1.54) is 4.31 Å². The van der Waals surface area contributed by atoms with Gasteiger partial charge in [-0.1, -0.05) is 18.6 Å².